The highest BCUT2D eigenvalue weighted by Crippen LogP contribution is 2.42. The first-order valence-corrected chi connectivity index (χ1v) is 8.15. The molecule has 3 aromatic rings. The number of hydrogen-bond acceptors (Lipinski definition) is 3. The third-order valence-corrected chi connectivity index (χ3v) is 4.49. The molecule has 2 aromatic carbocycles. The van der Waals surface area contributed by atoms with E-state index in [1.165, 1.54) is 42.7 Å². The maximum atomic E-state index is 14.7. The van der Waals surface area contributed by atoms with E-state index in [0.717, 1.165) is 5.69 Å². The van der Waals surface area contributed by atoms with Gasteiger partial charge in [0.2, 0.25) is 0 Å². The van der Waals surface area contributed by atoms with Crippen LogP contribution in [0.3, 0.4) is 0 Å². The minimum atomic E-state index is -1.06. The number of nitrogens with one attached hydrogen (secondary N) is 2. The zero-order valence-electron chi connectivity index (χ0n) is 14.2. The Morgan fingerprint density at radius 1 is 1.15 bits per heavy atom. The number of imidazole rings is 1. The molecule has 0 bridgehead atoms. The molecule has 0 fully saturated rings. The topological polar surface area (TPSA) is 95.1 Å². The fourth-order valence-electron chi connectivity index (χ4n) is 3.12. The monoisotopic (exact) mass is 363 g/mol. The second-order valence-corrected chi connectivity index (χ2v) is 6.15. The molecule has 1 aromatic heterocycles. The molecule has 134 valence electrons. The molecule has 0 aliphatic carbocycles. The Morgan fingerprint density at radius 3 is 2.52 bits per heavy atom. The van der Waals surface area contributed by atoms with E-state index in [1.807, 2.05) is 6.92 Å². The molecule has 0 unspecified atom stereocenters. The number of nitrogens with zero attached hydrogens (tertiary/aromatic N) is 1. The van der Waals surface area contributed by atoms with Gasteiger partial charge in [-0.3, -0.25) is 4.79 Å². The van der Waals surface area contributed by atoms with E-state index in [0.29, 0.717) is 28.1 Å². The van der Waals surface area contributed by atoms with Crippen LogP contribution in [-0.2, 0) is 4.79 Å². The molecular weight excluding hydrogens is 349 g/mol. The normalized spacial score (nSPS) is 14.3. The van der Waals surface area contributed by atoms with Crippen molar-refractivity contribution >= 4 is 29.2 Å². The molecular formula is C20H14FN3O3. The Morgan fingerprint density at radius 2 is 1.89 bits per heavy atom. The second kappa shape index (κ2) is 6.21. The average Bonchev–Trinajstić information content (AvgIpc) is 3.19. The lowest BCUT2D eigenvalue weighted by Gasteiger charge is -2.10. The Labute approximate surface area is 153 Å². The number of carboxylic acid groups (broad SMARTS) is 1. The van der Waals surface area contributed by atoms with E-state index >= 15 is 0 Å². The number of aromatic carboxylic acids is 1. The zero-order valence-corrected chi connectivity index (χ0v) is 14.2. The highest BCUT2D eigenvalue weighted by atomic mass is 19.1. The van der Waals surface area contributed by atoms with Crippen LogP contribution in [0.2, 0.25) is 0 Å². The van der Waals surface area contributed by atoms with Crippen LogP contribution in [0.1, 0.15) is 27.3 Å². The first-order valence-electron chi connectivity index (χ1n) is 8.15. The highest BCUT2D eigenvalue weighted by molar-refractivity contribution is 6.36. The van der Waals surface area contributed by atoms with Crippen LogP contribution in [0.5, 0.6) is 0 Å². The number of carbonyl (C=O) groups excluding carboxylic acids is 1. The Balaban J connectivity index is 1.92. The van der Waals surface area contributed by atoms with Gasteiger partial charge in [0.15, 0.2) is 0 Å². The molecule has 1 aliphatic heterocycles. The Bertz CT molecular complexity index is 1110. The van der Waals surface area contributed by atoms with Gasteiger partial charge >= 0.3 is 5.97 Å². The van der Waals surface area contributed by atoms with Crippen LogP contribution in [0, 0.1) is 12.7 Å². The third-order valence-electron chi connectivity index (χ3n) is 4.49. The van der Waals surface area contributed by atoms with Gasteiger partial charge in [0.1, 0.15) is 5.82 Å². The molecule has 4 rings (SSSR count). The number of amides is 1. The van der Waals surface area contributed by atoms with E-state index in [2.05, 4.69) is 15.3 Å². The highest BCUT2D eigenvalue weighted by Gasteiger charge is 2.29. The number of carbonyl (C=O) groups is 2. The van der Waals surface area contributed by atoms with Crippen molar-refractivity contribution in [2.45, 2.75) is 6.92 Å². The van der Waals surface area contributed by atoms with Crippen LogP contribution in [0.15, 0.2) is 42.7 Å². The summed E-state index contributed by atoms with van der Waals surface area (Å²) in [6.07, 6.45) is 3.13. The van der Waals surface area contributed by atoms with Crippen molar-refractivity contribution in [1.29, 1.82) is 0 Å². The van der Waals surface area contributed by atoms with Crippen molar-refractivity contribution in [3.05, 3.63) is 71.1 Å². The standard InChI is InChI=1S/C20H14FN3O3/c1-10-16(23-9-22-10)8-13-18-15(24-19(13)25)7-6-14(21)17(18)11-2-4-12(5-3-11)20(26)27/h2-9H,1H3,(H,22,23)(H,24,25)(H,26,27)/b13-8-. The molecule has 3 N–H and O–H groups in total. The van der Waals surface area contributed by atoms with Crippen molar-refractivity contribution in [2.75, 3.05) is 5.32 Å². The minimum Gasteiger partial charge on any atom is -0.478 e. The fourth-order valence-corrected chi connectivity index (χ4v) is 3.12. The smallest absolute Gasteiger partial charge is 0.335 e. The third kappa shape index (κ3) is 2.79. The van der Waals surface area contributed by atoms with Crippen molar-refractivity contribution in [2.24, 2.45) is 0 Å². The molecule has 0 saturated heterocycles. The number of carboxylic acids is 1. The van der Waals surface area contributed by atoms with Gasteiger partial charge in [-0.15, -0.1) is 0 Å². The number of fused-ring (bicyclic) bond motifs is 1. The summed E-state index contributed by atoms with van der Waals surface area (Å²) in [6.45, 7) is 1.82. The number of anilines is 1. The molecule has 0 saturated carbocycles. The lowest BCUT2D eigenvalue weighted by atomic mass is 9.93. The maximum Gasteiger partial charge on any atom is 0.335 e. The van der Waals surface area contributed by atoms with Crippen LogP contribution in [0.4, 0.5) is 10.1 Å². The van der Waals surface area contributed by atoms with E-state index in [4.69, 9.17) is 5.11 Å². The molecule has 0 atom stereocenters. The quantitative estimate of drug-likeness (QED) is 0.618. The van der Waals surface area contributed by atoms with Crippen molar-refractivity contribution < 1.29 is 19.1 Å². The number of aryl methyl sites for hydroxylation is 1. The number of H-pyrrole nitrogens is 1. The summed E-state index contributed by atoms with van der Waals surface area (Å²) in [5, 5.41) is 11.8. The molecule has 0 radical (unpaired) electrons. The Hall–Kier alpha value is -3.74. The predicted molar refractivity (Wildman–Crippen MR) is 98.6 cm³/mol. The SMILES string of the molecule is Cc1[nH]cnc1/C=C1\C(=O)Nc2ccc(F)c(-c3ccc(C(=O)O)cc3)c21. The molecule has 0 spiro atoms. The van der Waals surface area contributed by atoms with E-state index < -0.39 is 11.8 Å². The minimum absolute atomic E-state index is 0.101. The molecule has 1 aliphatic rings. The second-order valence-electron chi connectivity index (χ2n) is 6.15. The maximum absolute atomic E-state index is 14.7. The summed E-state index contributed by atoms with van der Waals surface area (Å²) in [6, 6.07) is 8.66. The first kappa shape index (κ1) is 16.7. The van der Waals surface area contributed by atoms with E-state index in [1.54, 1.807) is 6.08 Å². The van der Waals surface area contributed by atoms with Gasteiger partial charge in [0.05, 0.1) is 23.2 Å². The number of aromatic amines is 1. The molecule has 6 nitrogen and oxygen atoms in total. The van der Waals surface area contributed by atoms with Gasteiger partial charge < -0.3 is 15.4 Å². The molecule has 1 amide bonds. The predicted octanol–water partition coefficient (Wildman–Crippen LogP) is 3.72. The average molecular weight is 363 g/mol. The lowest BCUT2D eigenvalue weighted by Crippen LogP contribution is -2.03. The van der Waals surface area contributed by atoms with Crippen LogP contribution in [-0.4, -0.2) is 27.0 Å². The summed E-state index contributed by atoms with van der Waals surface area (Å²) >= 11 is 0. The lowest BCUT2D eigenvalue weighted by molar-refractivity contribution is -0.110. The zero-order chi connectivity index (χ0) is 19.1. The van der Waals surface area contributed by atoms with Gasteiger partial charge in [-0.1, -0.05) is 12.1 Å². The van der Waals surface area contributed by atoms with Crippen molar-refractivity contribution in [1.82, 2.24) is 9.97 Å². The molecule has 27 heavy (non-hydrogen) atoms. The van der Waals surface area contributed by atoms with Crippen LogP contribution >= 0.6 is 0 Å². The number of benzene rings is 2. The molecule has 7 heteroatoms. The summed E-state index contributed by atoms with van der Waals surface area (Å²) in [5.41, 5.74) is 3.43. The largest absolute Gasteiger partial charge is 0.478 e. The van der Waals surface area contributed by atoms with Crippen LogP contribution < -0.4 is 5.32 Å². The van der Waals surface area contributed by atoms with Gasteiger partial charge in [-0.25, -0.2) is 14.2 Å². The summed E-state index contributed by atoms with van der Waals surface area (Å²) in [5.74, 6) is -1.91. The summed E-state index contributed by atoms with van der Waals surface area (Å²) in [7, 11) is 0. The number of hydrogen-bond donors (Lipinski definition) is 3. The summed E-state index contributed by atoms with van der Waals surface area (Å²) in [4.78, 5) is 30.7. The van der Waals surface area contributed by atoms with Gasteiger partial charge in [0.25, 0.3) is 5.91 Å². The number of halogens is 1. The number of aromatic nitrogens is 2. The van der Waals surface area contributed by atoms with Gasteiger partial charge in [0, 0.05) is 22.5 Å². The van der Waals surface area contributed by atoms with Crippen molar-refractivity contribution in [3.8, 4) is 11.1 Å². The van der Waals surface area contributed by atoms with Crippen molar-refractivity contribution in [3.63, 3.8) is 0 Å². The molecule has 2 heterocycles. The van der Waals surface area contributed by atoms with Crippen LogP contribution in [0.25, 0.3) is 22.8 Å². The fraction of sp³-hybridized carbons (Fsp3) is 0.0500. The Kier molecular flexibility index (Phi) is 3.84. The first-order chi connectivity index (χ1) is 13.0. The van der Waals surface area contributed by atoms with E-state index in [-0.39, 0.29) is 17.0 Å². The van der Waals surface area contributed by atoms with E-state index in [9.17, 15) is 14.0 Å². The number of rotatable bonds is 3. The van der Waals surface area contributed by atoms with Gasteiger partial charge in [-0.2, -0.15) is 0 Å². The van der Waals surface area contributed by atoms with Gasteiger partial charge in [-0.05, 0) is 42.8 Å². The summed E-state index contributed by atoms with van der Waals surface area (Å²) < 4.78 is 14.7.